The van der Waals surface area contributed by atoms with Crippen LogP contribution >= 0.6 is 23.5 Å². The van der Waals surface area contributed by atoms with Crippen molar-refractivity contribution in [2.75, 3.05) is 49.2 Å². The van der Waals surface area contributed by atoms with Crippen LogP contribution in [0, 0.1) is 11.3 Å². The molecule has 4 rings (SSSR count). The second-order valence-corrected chi connectivity index (χ2v) is 9.90. The van der Waals surface area contributed by atoms with Gasteiger partial charge in [-0.3, -0.25) is 9.69 Å². The fourth-order valence-corrected chi connectivity index (χ4v) is 6.98. The summed E-state index contributed by atoms with van der Waals surface area (Å²) in [5, 5.41) is 0. The maximum Gasteiger partial charge on any atom is 0.230 e. The van der Waals surface area contributed by atoms with Gasteiger partial charge >= 0.3 is 0 Å². The van der Waals surface area contributed by atoms with Crippen molar-refractivity contribution in [1.82, 2.24) is 9.80 Å². The van der Waals surface area contributed by atoms with Crippen molar-refractivity contribution in [2.45, 2.75) is 38.1 Å². The van der Waals surface area contributed by atoms with E-state index in [0.717, 1.165) is 44.9 Å². The van der Waals surface area contributed by atoms with Crippen LogP contribution < -0.4 is 0 Å². The number of piperidine rings is 1. The molecule has 0 aromatic rings. The van der Waals surface area contributed by atoms with Crippen molar-refractivity contribution < 1.29 is 4.79 Å². The molecule has 3 saturated heterocycles. The number of carbonyl (C=O) groups excluding carboxylic acids is 1. The molecule has 1 saturated carbocycles. The Bertz CT molecular complexity index is 421. The summed E-state index contributed by atoms with van der Waals surface area (Å²) >= 11 is 4.21. The van der Waals surface area contributed by atoms with Gasteiger partial charge < -0.3 is 4.90 Å². The van der Waals surface area contributed by atoms with Crippen LogP contribution in [0.2, 0.25) is 0 Å². The fraction of sp³-hybridized carbons (Fsp3) is 0.941. The van der Waals surface area contributed by atoms with E-state index in [1.54, 1.807) is 0 Å². The van der Waals surface area contributed by atoms with E-state index < -0.39 is 0 Å². The van der Waals surface area contributed by atoms with Crippen molar-refractivity contribution in [3.05, 3.63) is 0 Å². The average molecular weight is 341 g/mol. The normalized spacial score (nSPS) is 35.3. The molecule has 0 radical (unpaired) electrons. The van der Waals surface area contributed by atoms with Crippen LogP contribution in [0.25, 0.3) is 0 Å². The van der Waals surface area contributed by atoms with Crippen LogP contribution in [0.1, 0.15) is 32.1 Å². The molecule has 124 valence electrons. The quantitative estimate of drug-likeness (QED) is 0.788. The van der Waals surface area contributed by atoms with Crippen LogP contribution in [0.3, 0.4) is 0 Å². The number of nitrogens with zero attached hydrogens (tertiary/aromatic N) is 2. The summed E-state index contributed by atoms with van der Waals surface area (Å²) < 4.78 is 0. The lowest BCUT2D eigenvalue weighted by atomic mass is 9.78. The molecule has 22 heavy (non-hydrogen) atoms. The number of likely N-dealkylation sites (tertiary alicyclic amines) is 2. The Hall–Kier alpha value is 0.130. The van der Waals surface area contributed by atoms with Gasteiger partial charge in [0, 0.05) is 48.7 Å². The van der Waals surface area contributed by atoms with Crippen molar-refractivity contribution in [1.29, 1.82) is 0 Å². The molecular formula is C17H28N2OS2. The van der Waals surface area contributed by atoms with Gasteiger partial charge in [0.15, 0.2) is 0 Å². The fourth-order valence-electron chi connectivity index (χ4n) is 4.35. The van der Waals surface area contributed by atoms with Crippen molar-refractivity contribution in [3.63, 3.8) is 0 Å². The van der Waals surface area contributed by atoms with Gasteiger partial charge in [-0.25, -0.2) is 0 Å². The van der Waals surface area contributed by atoms with Gasteiger partial charge in [-0.05, 0) is 44.6 Å². The zero-order valence-corrected chi connectivity index (χ0v) is 15.1. The van der Waals surface area contributed by atoms with Crippen LogP contribution in [0.4, 0.5) is 0 Å². The molecule has 1 aliphatic carbocycles. The number of carbonyl (C=O) groups is 1. The third kappa shape index (κ3) is 3.18. The maximum atomic E-state index is 13.1. The molecule has 1 amide bonds. The molecule has 0 aromatic carbocycles. The highest BCUT2D eigenvalue weighted by Crippen LogP contribution is 2.42. The number of hydrogen-bond acceptors (Lipinski definition) is 4. The highest BCUT2D eigenvalue weighted by Gasteiger charge is 2.49. The Morgan fingerprint density at radius 3 is 2.59 bits per heavy atom. The van der Waals surface area contributed by atoms with Gasteiger partial charge in [0.1, 0.15) is 0 Å². The Morgan fingerprint density at radius 1 is 1.09 bits per heavy atom. The van der Waals surface area contributed by atoms with Gasteiger partial charge in [0.2, 0.25) is 5.91 Å². The van der Waals surface area contributed by atoms with E-state index in [9.17, 15) is 4.79 Å². The third-order valence-electron chi connectivity index (χ3n) is 5.89. The zero-order chi connectivity index (χ0) is 15.0. The lowest BCUT2D eigenvalue weighted by Crippen LogP contribution is -2.51. The highest BCUT2D eigenvalue weighted by atomic mass is 32.2. The van der Waals surface area contributed by atoms with Crippen LogP contribution in [-0.4, -0.2) is 70.9 Å². The molecule has 0 bridgehead atoms. The number of rotatable bonds is 3. The Balaban J connectivity index is 1.41. The predicted octanol–water partition coefficient (Wildman–Crippen LogP) is 2.56. The van der Waals surface area contributed by atoms with Crippen LogP contribution in [0.5, 0.6) is 0 Å². The summed E-state index contributed by atoms with van der Waals surface area (Å²) in [5.74, 6) is 6.46. The monoisotopic (exact) mass is 340 g/mol. The van der Waals surface area contributed by atoms with Crippen molar-refractivity contribution >= 4 is 29.4 Å². The van der Waals surface area contributed by atoms with E-state index in [4.69, 9.17) is 0 Å². The van der Waals surface area contributed by atoms with E-state index in [0.29, 0.717) is 11.9 Å². The smallest absolute Gasteiger partial charge is 0.230 e. The molecule has 3 nitrogen and oxygen atoms in total. The van der Waals surface area contributed by atoms with E-state index in [1.807, 2.05) is 0 Å². The lowest BCUT2D eigenvalue weighted by Gasteiger charge is -2.40. The second-order valence-electron chi connectivity index (χ2n) is 7.60. The third-order valence-corrected chi connectivity index (χ3v) is 8.38. The first-order valence-electron chi connectivity index (χ1n) is 8.96. The minimum absolute atomic E-state index is 0.0191. The molecule has 5 heteroatoms. The number of thioether (sulfide) groups is 2. The Labute approximate surface area is 142 Å². The molecule has 0 aromatic heterocycles. The van der Waals surface area contributed by atoms with E-state index in [1.165, 1.54) is 42.3 Å². The van der Waals surface area contributed by atoms with Gasteiger partial charge in [-0.1, -0.05) is 0 Å². The van der Waals surface area contributed by atoms with E-state index in [2.05, 4.69) is 33.3 Å². The molecule has 0 unspecified atom stereocenters. The zero-order valence-electron chi connectivity index (χ0n) is 13.5. The van der Waals surface area contributed by atoms with Crippen molar-refractivity contribution in [3.8, 4) is 0 Å². The standard InChI is InChI=1S/C17H28N2OS2/c20-16-17(4-1-6-18(16)10-14-2-3-14)5-7-19(13-17)15-11-21-8-9-22-12-15/h14-15H,1-13H2/t17-/m1/s1. The van der Waals surface area contributed by atoms with Gasteiger partial charge in [-0.2, -0.15) is 23.5 Å². The summed E-state index contributed by atoms with van der Waals surface area (Å²) in [7, 11) is 0. The second kappa shape index (κ2) is 6.56. The first-order valence-corrected chi connectivity index (χ1v) is 11.3. The molecule has 1 spiro atoms. The van der Waals surface area contributed by atoms with Crippen molar-refractivity contribution in [2.24, 2.45) is 11.3 Å². The molecule has 3 aliphatic heterocycles. The number of hydrogen-bond donors (Lipinski definition) is 0. The summed E-state index contributed by atoms with van der Waals surface area (Å²) in [6.07, 6.45) is 6.16. The molecular weight excluding hydrogens is 312 g/mol. The minimum Gasteiger partial charge on any atom is -0.342 e. The SMILES string of the molecule is O=C1N(CC2CC2)CCC[C@]12CCN(C1CSCCSC1)C2. The molecule has 4 fully saturated rings. The maximum absolute atomic E-state index is 13.1. The Kier molecular flexibility index (Phi) is 4.66. The van der Waals surface area contributed by atoms with Gasteiger partial charge in [-0.15, -0.1) is 0 Å². The van der Waals surface area contributed by atoms with E-state index >= 15 is 0 Å². The minimum atomic E-state index is -0.0191. The first kappa shape index (κ1) is 15.6. The number of amides is 1. The molecule has 0 N–H and O–H groups in total. The molecule has 4 aliphatic rings. The lowest BCUT2D eigenvalue weighted by molar-refractivity contribution is -0.146. The average Bonchev–Trinajstić information content (AvgIpc) is 3.29. The van der Waals surface area contributed by atoms with Crippen LogP contribution in [0.15, 0.2) is 0 Å². The Morgan fingerprint density at radius 2 is 1.86 bits per heavy atom. The summed E-state index contributed by atoms with van der Waals surface area (Å²) in [6, 6.07) is 0.698. The summed E-state index contributed by atoms with van der Waals surface area (Å²) in [4.78, 5) is 18.0. The summed E-state index contributed by atoms with van der Waals surface area (Å²) in [5.41, 5.74) is -0.0191. The van der Waals surface area contributed by atoms with Gasteiger partial charge in [0.05, 0.1) is 5.41 Å². The largest absolute Gasteiger partial charge is 0.342 e. The molecule has 3 heterocycles. The van der Waals surface area contributed by atoms with Crippen LogP contribution in [-0.2, 0) is 4.79 Å². The first-order chi connectivity index (χ1) is 10.8. The summed E-state index contributed by atoms with van der Waals surface area (Å²) in [6.45, 7) is 4.26. The predicted molar refractivity (Wildman–Crippen MR) is 95.6 cm³/mol. The topological polar surface area (TPSA) is 23.6 Å². The van der Waals surface area contributed by atoms with Gasteiger partial charge in [0.25, 0.3) is 0 Å². The molecule has 1 atom stereocenters. The highest BCUT2D eigenvalue weighted by molar-refractivity contribution is 8.03. The van der Waals surface area contributed by atoms with E-state index in [-0.39, 0.29) is 5.41 Å².